The molecule has 0 aliphatic heterocycles. The first kappa shape index (κ1) is 13.1. The Morgan fingerprint density at radius 3 is 2.36 bits per heavy atom. The van der Waals surface area contributed by atoms with Gasteiger partial charge in [0.05, 0.1) is 4.47 Å². The van der Waals surface area contributed by atoms with Gasteiger partial charge in [-0.15, -0.1) is 0 Å². The fraction of sp³-hybridized carbons (Fsp3) is 0.300. The van der Waals surface area contributed by atoms with Gasteiger partial charge in [0.15, 0.2) is 11.5 Å². The van der Waals surface area contributed by atoms with Crippen LogP contribution in [-0.2, 0) is 0 Å². The van der Waals surface area contributed by atoms with Crippen molar-refractivity contribution in [1.29, 1.82) is 0 Å². The summed E-state index contributed by atoms with van der Waals surface area (Å²) >= 11 is 3.06. The summed E-state index contributed by atoms with van der Waals surface area (Å²) in [6.45, 7) is 5.44. The zero-order chi connectivity index (χ0) is 11.1. The van der Waals surface area contributed by atoms with Crippen LogP contribution in [0.15, 0.2) is 22.7 Å². The summed E-state index contributed by atoms with van der Waals surface area (Å²) in [7, 11) is 0. The molecule has 1 aromatic rings. The smallest absolute Gasteiger partial charge is 0.186 e. The van der Waals surface area contributed by atoms with Crippen LogP contribution in [0.3, 0.4) is 0 Å². The summed E-state index contributed by atoms with van der Waals surface area (Å²) in [6.07, 6.45) is 0. The van der Waals surface area contributed by atoms with Gasteiger partial charge in [0.1, 0.15) is 0 Å². The first-order valence-electron chi connectivity index (χ1n) is 4.24. The van der Waals surface area contributed by atoms with Crippen molar-refractivity contribution in [3.05, 3.63) is 28.2 Å². The largest absolute Gasteiger partial charge is 0.295 e. The Morgan fingerprint density at radius 2 is 2.00 bits per heavy atom. The lowest BCUT2D eigenvalue weighted by atomic mass is 10.1. The molecule has 0 unspecified atom stereocenters. The standard InChI is InChI=1S/C8H6BrFO2.C2H6/c1-5(11)6-2-3-8(12-10)7(9)4-6;1-2/h2-4H,1H3;1-2H3. The maximum absolute atomic E-state index is 11.7. The molecule has 4 heteroatoms. The van der Waals surface area contributed by atoms with Gasteiger partial charge in [0.25, 0.3) is 0 Å². The lowest BCUT2D eigenvalue weighted by molar-refractivity contribution is -0.00715. The molecule has 0 saturated carbocycles. The minimum atomic E-state index is -0.0684. The number of carbonyl (C=O) groups excluding carboxylic acids is 1. The van der Waals surface area contributed by atoms with Crippen LogP contribution >= 0.6 is 15.9 Å². The second-order valence-corrected chi connectivity index (χ2v) is 3.13. The van der Waals surface area contributed by atoms with Crippen molar-refractivity contribution in [2.75, 3.05) is 0 Å². The SMILES string of the molecule is CC.CC(=O)c1ccc(OF)c(Br)c1. The number of Topliss-reactive ketones (excluding diaryl/α,β-unsaturated/α-hetero) is 1. The Balaban J connectivity index is 0.000000791. The fourth-order valence-electron chi connectivity index (χ4n) is 0.782. The van der Waals surface area contributed by atoms with Crippen molar-refractivity contribution < 1.29 is 14.3 Å². The van der Waals surface area contributed by atoms with E-state index in [1.807, 2.05) is 13.8 Å². The minimum absolute atomic E-state index is 0.0684. The van der Waals surface area contributed by atoms with Gasteiger partial charge in [0.2, 0.25) is 0 Å². The monoisotopic (exact) mass is 262 g/mol. The summed E-state index contributed by atoms with van der Waals surface area (Å²) in [5.74, 6) is 0.00103. The fourth-order valence-corrected chi connectivity index (χ4v) is 1.22. The van der Waals surface area contributed by atoms with E-state index < -0.39 is 0 Å². The Bertz CT molecular complexity index is 313. The molecule has 0 fully saturated rings. The zero-order valence-electron chi connectivity index (χ0n) is 8.30. The van der Waals surface area contributed by atoms with E-state index in [-0.39, 0.29) is 11.5 Å². The second kappa shape index (κ2) is 6.54. The van der Waals surface area contributed by atoms with E-state index in [0.717, 1.165) is 0 Å². The number of halogens is 2. The predicted molar refractivity (Wildman–Crippen MR) is 57.2 cm³/mol. The predicted octanol–water partition coefficient (Wildman–Crippen LogP) is 3.94. The molecular weight excluding hydrogens is 251 g/mol. The topological polar surface area (TPSA) is 26.3 Å². The first-order valence-corrected chi connectivity index (χ1v) is 5.03. The third kappa shape index (κ3) is 3.46. The molecule has 1 rings (SSSR count). The number of rotatable bonds is 2. The van der Waals surface area contributed by atoms with Crippen LogP contribution in [0.1, 0.15) is 31.1 Å². The van der Waals surface area contributed by atoms with Crippen molar-refractivity contribution >= 4 is 21.7 Å². The van der Waals surface area contributed by atoms with E-state index >= 15 is 0 Å². The van der Waals surface area contributed by atoms with Gasteiger partial charge < -0.3 is 0 Å². The lowest BCUT2D eigenvalue weighted by Gasteiger charge is -1.99. The van der Waals surface area contributed by atoms with Gasteiger partial charge in [-0.05, 0) is 41.1 Å². The van der Waals surface area contributed by atoms with Gasteiger partial charge in [-0.3, -0.25) is 9.74 Å². The maximum atomic E-state index is 11.7. The number of hydrogen-bond acceptors (Lipinski definition) is 2. The molecule has 0 heterocycles. The second-order valence-electron chi connectivity index (χ2n) is 2.28. The van der Waals surface area contributed by atoms with Crippen molar-refractivity contribution in [3.63, 3.8) is 0 Å². The van der Waals surface area contributed by atoms with E-state index in [9.17, 15) is 9.32 Å². The van der Waals surface area contributed by atoms with Crippen molar-refractivity contribution in [2.45, 2.75) is 20.8 Å². The van der Waals surface area contributed by atoms with Crippen molar-refractivity contribution in [1.82, 2.24) is 0 Å². The molecule has 2 nitrogen and oxygen atoms in total. The summed E-state index contributed by atoms with van der Waals surface area (Å²) < 4.78 is 12.1. The highest BCUT2D eigenvalue weighted by atomic mass is 79.9. The molecule has 0 aromatic heterocycles. The summed E-state index contributed by atoms with van der Waals surface area (Å²) in [6, 6.07) is 4.40. The van der Waals surface area contributed by atoms with Gasteiger partial charge in [0, 0.05) is 10.1 Å². The summed E-state index contributed by atoms with van der Waals surface area (Å²) in [5.41, 5.74) is 0.516. The van der Waals surface area contributed by atoms with Crippen LogP contribution < -0.4 is 4.94 Å². The summed E-state index contributed by atoms with van der Waals surface area (Å²) in [4.78, 5) is 14.4. The Hall–Kier alpha value is -0.900. The molecule has 0 aliphatic rings. The van der Waals surface area contributed by atoms with Gasteiger partial charge in [-0.2, -0.15) is 0 Å². The summed E-state index contributed by atoms with van der Waals surface area (Å²) in [5, 5.41) is 0. The van der Waals surface area contributed by atoms with Crippen LogP contribution in [0.25, 0.3) is 0 Å². The number of ketones is 1. The molecule has 0 saturated heterocycles. The van der Waals surface area contributed by atoms with Crippen molar-refractivity contribution in [2.24, 2.45) is 0 Å². The first-order chi connectivity index (χ1) is 6.65. The van der Waals surface area contributed by atoms with Gasteiger partial charge in [-0.25, -0.2) is 0 Å². The highest BCUT2D eigenvalue weighted by Crippen LogP contribution is 2.26. The molecule has 1 aromatic carbocycles. The Kier molecular flexibility index (Phi) is 6.12. The zero-order valence-corrected chi connectivity index (χ0v) is 9.89. The molecule has 0 amide bonds. The van der Waals surface area contributed by atoms with Gasteiger partial charge in [-0.1, -0.05) is 13.8 Å². The highest BCUT2D eigenvalue weighted by Gasteiger charge is 2.05. The van der Waals surface area contributed by atoms with Gasteiger partial charge >= 0.3 is 0 Å². The van der Waals surface area contributed by atoms with Crippen LogP contribution in [-0.4, -0.2) is 5.78 Å². The molecular formula is C10H12BrFO2. The maximum Gasteiger partial charge on any atom is 0.186 e. The molecule has 0 atom stereocenters. The van der Waals surface area contributed by atoms with Crippen LogP contribution in [0.2, 0.25) is 0 Å². The highest BCUT2D eigenvalue weighted by molar-refractivity contribution is 9.10. The number of benzene rings is 1. The van der Waals surface area contributed by atoms with E-state index in [2.05, 4.69) is 20.9 Å². The van der Waals surface area contributed by atoms with E-state index in [1.54, 1.807) is 0 Å². The third-order valence-electron chi connectivity index (χ3n) is 1.42. The Morgan fingerprint density at radius 1 is 1.43 bits per heavy atom. The lowest BCUT2D eigenvalue weighted by Crippen LogP contribution is -1.91. The molecule has 78 valence electrons. The average Bonchev–Trinajstić information content (AvgIpc) is 2.20. The van der Waals surface area contributed by atoms with E-state index in [0.29, 0.717) is 10.0 Å². The van der Waals surface area contributed by atoms with E-state index in [1.165, 1.54) is 25.1 Å². The van der Waals surface area contributed by atoms with Crippen LogP contribution in [0.5, 0.6) is 5.75 Å². The third-order valence-corrected chi connectivity index (χ3v) is 2.04. The van der Waals surface area contributed by atoms with Crippen LogP contribution in [0.4, 0.5) is 4.53 Å². The molecule has 0 N–H and O–H groups in total. The molecule has 0 radical (unpaired) electrons. The number of carbonyl (C=O) groups is 1. The molecule has 0 bridgehead atoms. The molecule has 14 heavy (non-hydrogen) atoms. The quantitative estimate of drug-likeness (QED) is 0.755. The average molecular weight is 263 g/mol. The van der Waals surface area contributed by atoms with E-state index in [4.69, 9.17) is 0 Å². The number of hydrogen-bond donors (Lipinski definition) is 0. The van der Waals surface area contributed by atoms with Crippen molar-refractivity contribution in [3.8, 4) is 5.75 Å². The molecule has 0 aliphatic carbocycles. The normalized spacial score (nSPS) is 8.64. The Labute approximate surface area is 91.1 Å². The van der Waals surface area contributed by atoms with Crippen LogP contribution in [0, 0.1) is 0 Å². The minimum Gasteiger partial charge on any atom is -0.295 e. The molecule has 0 spiro atoms.